The second-order valence-electron chi connectivity index (χ2n) is 7.30. The van der Waals surface area contributed by atoms with Crippen molar-refractivity contribution in [1.82, 2.24) is 9.88 Å². The molecule has 3 amide bonds. The van der Waals surface area contributed by atoms with Gasteiger partial charge in [0, 0.05) is 10.4 Å². The molecule has 2 aromatic carbocycles. The van der Waals surface area contributed by atoms with E-state index in [1.807, 2.05) is 32.0 Å². The van der Waals surface area contributed by atoms with Gasteiger partial charge >= 0.3 is 0 Å². The first kappa shape index (κ1) is 20.7. The number of hydrogen-bond donors (Lipinski definition) is 1. The van der Waals surface area contributed by atoms with Crippen LogP contribution in [0.4, 0.5) is 5.13 Å². The monoisotopic (exact) mass is 435 g/mol. The first-order chi connectivity index (χ1) is 14.8. The lowest BCUT2D eigenvalue weighted by Gasteiger charge is -2.21. The van der Waals surface area contributed by atoms with E-state index in [2.05, 4.69) is 10.3 Å². The zero-order chi connectivity index (χ0) is 22.3. The van der Waals surface area contributed by atoms with Crippen LogP contribution in [0.25, 0.3) is 11.3 Å². The zero-order valence-corrected chi connectivity index (χ0v) is 18.4. The van der Waals surface area contributed by atoms with Crippen molar-refractivity contribution in [2.24, 2.45) is 0 Å². The van der Waals surface area contributed by atoms with Crippen molar-refractivity contribution in [3.05, 3.63) is 64.0 Å². The van der Waals surface area contributed by atoms with Gasteiger partial charge in [-0.25, -0.2) is 4.98 Å². The van der Waals surface area contributed by atoms with Crippen LogP contribution in [-0.2, 0) is 4.79 Å². The predicted molar refractivity (Wildman–Crippen MR) is 119 cm³/mol. The van der Waals surface area contributed by atoms with Gasteiger partial charge in [0.15, 0.2) is 5.13 Å². The third-order valence-corrected chi connectivity index (χ3v) is 6.17. The summed E-state index contributed by atoms with van der Waals surface area (Å²) in [5.41, 5.74) is 3.29. The fourth-order valence-electron chi connectivity index (χ4n) is 3.63. The van der Waals surface area contributed by atoms with Crippen LogP contribution in [-0.4, -0.2) is 40.8 Å². The van der Waals surface area contributed by atoms with E-state index in [0.717, 1.165) is 32.3 Å². The number of amides is 3. The summed E-state index contributed by atoms with van der Waals surface area (Å²) in [6, 6.07) is 11.4. The molecule has 4 rings (SSSR count). The van der Waals surface area contributed by atoms with Crippen molar-refractivity contribution in [1.29, 1.82) is 0 Å². The molecule has 0 bridgehead atoms. The largest absolute Gasteiger partial charge is 0.496 e. The molecule has 1 atom stereocenters. The van der Waals surface area contributed by atoms with E-state index in [9.17, 15) is 14.4 Å². The molecular weight excluding hydrogens is 414 g/mol. The van der Waals surface area contributed by atoms with Crippen molar-refractivity contribution in [3.63, 3.8) is 0 Å². The fourth-order valence-corrected chi connectivity index (χ4v) is 4.47. The third kappa shape index (κ3) is 3.59. The van der Waals surface area contributed by atoms with Gasteiger partial charge < -0.3 is 10.1 Å². The van der Waals surface area contributed by atoms with Gasteiger partial charge in [0.1, 0.15) is 11.8 Å². The Morgan fingerprint density at radius 1 is 1.10 bits per heavy atom. The Bertz CT molecular complexity index is 1180. The van der Waals surface area contributed by atoms with E-state index in [-0.39, 0.29) is 0 Å². The average Bonchev–Trinajstić information content (AvgIpc) is 3.24. The molecule has 2 heterocycles. The van der Waals surface area contributed by atoms with Crippen LogP contribution in [0.3, 0.4) is 0 Å². The maximum Gasteiger partial charge on any atom is 0.262 e. The number of imide groups is 1. The lowest BCUT2D eigenvalue weighted by Crippen LogP contribution is -2.45. The number of nitrogens with one attached hydrogen (secondary N) is 1. The van der Waals surface area contributed by atoms with Gasteiger partial charge in [0.05, 0.1) is 23.9 Å². The molecule has 0 radical (unpaired) electrons. The van der Waals surface area contributed by atoms with Gasteiger partial charge in [-0.2, -0.15) is 0 Å². The molecule has 1 unspecified atom stereocenters. The van der Waals surface area contributed by atoms with E-state index < -0.39 is 23.8 Å². The summed E-state index contributed by atoms with van der Waals surface area (Å²) in [6.07, 6.45) is 0. The number of carbonyl (C=O) groups is 3. The standard InChI is InChI=1S/C23H21N3O4S/c1-12-11-15(9-10-18(12)30-4)19-14(3)31-23(24-19)25-20(27)13(2)26-21(28)16-7-5-6-8-17(16)22(26)29/h5-11,13H,1-4H3,(H,24,25,27). The maximum atomic E-state index is 12.8. The van der Waals surface area contributed by atoms with Crippen LogP contribution in [0.2, 0.25) is 0 Å². The van der Waals surface area contributed by atoms with Gasteiger partial charge in [0.25, 0.3) is 11.8 Å². The molecule has 1 aliphatic rings. The van der Waals surface area contributed by atoms with Crippen LogP contribution in [0.1, 0.15) is 38.1 Å². The van der Waals surface area contributed by atoms with Gasteiger partial charge in [0.2, 0.25) is 5.91 Å². The lowest BCUT2D eigenvalue weighted by molar-refractivity contribution is -0.119. The van der Waals surface area contributed by atoms with Crippen LogP contribution in [0.15, 0.2) is 42.5 Å². The first-order valence-corrected chi connectivity index (χ1v) is 10.5. The highest BCUT2D eigenvalue weighted by molar-refractivity contribution is 7.16. The highest BCUT2D eigenvalue weighted by atomic mass is 32.1. The van der Waals surface area contributed by atoms with Gasteiger partial charge in [-0.3, -0.25) is 19.3 Å². The number of methoxy groups -OCH3 is 1. The minimum atomic E-state index is -0.969. The van der Waals surface area contributed by atoms with Crippen LogP contribution in [0, 0.1) is 13.8 Å². The van der Waals surface area contributed by atoms with Crippen LogP contribution in [0.5, 0.6) is 5.75 Å². The highest BCUT2D eigenvalue weighted by Gasteiger charge is 2.40. The number of aryl methyl sites for hydroxylation is 2. The number of benzene rings is 2. The molecule has 0 saturated carbocycles. The number of rotatable bonds is 5. The third-order valence-electron chi connectivity index (χ3n) is 5.29. The van der Waals surface area contributed by atoms with Crippen molar-refractivity contribution in [2.75, 3.05) is 12.4 Å². The molecule has 1 aromatic heterocycles. The van der Waals surface area contributed by atoms with E-state index in [1.165, 1.54) is 18.3 Å². The molecule has 158 valence electrons. The minimum absolute atomic E-state index is 0.314. The number of ether oxygens (including phenoxy) is 1. The summed E-state index contributed by atoms with van der Waals surface area (Å²) in [4.78, 5) is 44.6. The Balaban J connectivity index is 1.53. The second kappa shape index (κ2) is 7.96. The number of hydrogen-bond acceptors (Lipinski definition) is 6. The van der Waals surface area contributed by atoms with Crippen molar-refractivity contribution in [3.8, 4) is 17.0 Å². The Hall–Kier alpha value is -3.52. The van der Waals surface area contributed by atoms with Gasteiger partial charge in [-0.15, -0.1) is 11.3 Å². The fraction of sp³-hybridized carbons (Fsp3) is 0.217. The van der Waals surface area contributed by atoms with E-state index in [1.54, 1.807) is 31.4 Å². The number of anilines is 1. The van der Waals surface area contributed by atoms with Crippen molar-refractivity contribution in [2.45, 2.75) is 26.8 Å². The summed E-state index contributed by atoms with van der Waals surface area (Å²) < 4.78 is 5.31. The summed E-state index contributed by atoms with van der Waals surface area (Å²) in [7, 11) is 1.62. The number of aromatic nitrogens is 1. The topological polar surface area (TPSA) is 88.6 Å². The Morgan fingerprint density at radius 3 is 2.32 bits per heavy atom. The summed E-state index contributed by atoms with van der Waals surface area (Å²) in [5.74, 6) is -0.610. The van der Waals surface area contributed by atoms with E-state index in [0.29, 0.717) is 16.3 Å². The first-order valence-electron chi connectivity index (χ1n) is 9.72. The summed E-state index contributed by atoms with van der Waals surface area (Å²) in [6.45, 7) is 5.41. The van der Waals surface area contributed by atoms with Crippen molar-refractivity contribution >= 4 is 34.2 Å². The molecule has 0 fully saturated rings. The molecule has 7 nitrogen and oxygen atoms in total. The normalized spacial score (nSPS) is 13.9. The molecule has 0 aliphatic carbocycles. The quantitative estimate of drug-likeness (QED) is 0.611. The average molecular weight is 436 g/mol. The number of carbonyl (C=O) groups excluding carboxylic acids is 3. The predicted octanol–water partition coefficient (Wildman–Crippen LogP) is 4.06. The summed E-state index contributed by atoms with van der Waals surface area (Å²) in [5, 5.41) is 3.16. The van der Waals surface area contributed by atoms with Crippen LogP contribution < -0.4 is 10.1 Å². The van der Waals surface area contributed by atoms with Gasteiger partial charge in [-0.05, 0) is 56.7 Å². The molecule has 0 spiro atoms. The van der Waals surface area contributed by atoms with Crippen LogP contribution >= 0.6 is 11.3 Å². The smallest absolute Gasteiger partial charge is 0.262 e. The Labute approximate surface area is 183 Å². The molecule has 1 N–H and O–H groups in total. The Kier molecular flexibility index (Phi) is 5.32. The van der Waals surface area contributed by atoms with E-state index in [4.69, 9.17) is 4.74 Å². The molecule has 1 aliphatic heterocycles. The van der Waals surface area contributed by atoms with Gasteiger partial charge in [-0.1, -0.05) is 12.1 Å². The number of thiazole rings is 1. The lowest BCUT2D eigenvalue weighted by atomic mass is 10.1. The molecule has 3 aromatic rings. The molecular formula is C23H21N3O4S. The molecule has 8 heteroatoms. The maximum absolute atomic E-state index is 12.8. The summed E-state index contributed by atoms with van der Waals surface area (Å²) >= 11 is 1.34. The SMILES string of the molecule is COc1ccc(-c2nc(NC(=O)C(C)N3C(=O)c4ccccc4C3=O)sc2C)cc1C. The second-order valence-corrected chi connectivity index (χ2v) is 8.50. The number of nitrogens with zero attached hydrogens (tertiary/aromatic N) is 2. The zero-order valence-electron chi connectivity index (χ0n) is 17.6. The highest BCUT2D eigenvalue weighted by Crippen LogP contribution is 2.33. The van der Waals surface area contributed by atoms with Crippen molar-refractivity contribution < 1.29 is 19.1 Å². The molecule has 31 heavy (non-hydrogen) atoms. The molecule has 0 saturated heterocycles. The Morgan fingerprint density at radius 2 is 1.74 bits per heavy atom. The minimum Gasteiger partial charge on any atom is -0.496 e. The number of fused-ring (bicyclic) bond motifs is 1. The van der Waals surface area contributed by atoms with E-state index >= 15 is 0 Å².